The van der Waals surface area contributed by atoms with Crippen LogP contribution < -0.4 is 10.6 Å². The van der Waals surface area contributed by atoms with Crippen molar-refractivity contribution in [2.24, 2.45) is 0 Å². The molecule has 1 aromatic heterocycles. The first-order chi connectivity index (χ1) is 11.7. The zero-order valence-electron chi connectivity index (χ0n) is 13.4. The van der Waals surface area contributed by atoms with Gasteiger partial charge in [0.25, 0.3) is 0 Å². The third kappa shape index (κ3) is 4.28. The number of benzene rings is 1. The van der Waals surface area contributed by atoms with Gasteiger partial charge in [-0.25, -0.2) is 13.8 Å². The normalized spacial score (nSPS) is 14.2. The summed E-state index contributed by atoms with van der Waals surface area (Å²) in [6, 6.07) is 5.42. The first-order valence-corrected chi connectivity index (χ1v) is 8.18. The molecular weight excluding hydrogens is 310 g/mol. The van der Waals surface area contributed by atoms with Crippen LogP contribution in [0, 0.1) is 11.6 Å². The summed E-state index contributed by atoms with van der Waals surface area (Å²) in [6.45, 7) is 0.774. The van der Waals surface area contributed by atoms with Crippen LogP contribution in [0.5, 0.6) is 0 Å². The van der Waals surface area contributed by atoms with E-state index in [0.717, 1.165) is 13.0 Å². The molecule has 4 nitrogen and oxygen atoms in total. The topological polar surface area (TPSA) is 49.8 Å². The zero-order valence-corrected chi connectivity index (χ0v) is 13.4. The molecule has 3 rings (SSSR count). The summed E-state index contributed by atoms with van der Waals surface area (Å²) in [6.07, 6.45) is 9.74. The third-order valence-corrected chi connectivity index (χ3v) is 3.99. The molecular formula is C18H20F2N4. The third-order valence-electron chi connectivity index (χ3n) is 3.99. The Kier molecular flexibility index (Phi) is 5.36. The van der Waals surface area contributed by atoms with E-state index in [1.165, 1.54) is 49.5 Å². The van der Waals surface area contributed by atoms with Crippen molar-refractivity contribution in [2.75, 3.05) is 17.2 Å². The largest absolute Gasteiger partial charge is 0.370 e. The molecule has 1 heterocycles. The average Bonchev–Trinajstić information content (AvgIpc) is 2.60. The van der Waals surface area contributed by atoms with Gasteiger partial charge in [0.05, 0.1) is 0 Å². The fraction of sp³-hybridized carbons (Fsp3) is 0.333. The first-order valence-electron chi connectivity index (χ1n) is 8.18. The van der Waals surface area contributed by atoms with E-state index in [4.69, 9.17) is 0 Å². The lowest BCUT2D eigenvalue weighted by Crippen LogP contribution is -2.08. The minimum Gasteiger partial charge on any atom is -0.370 e. The van der Waals surface area contributed by atoms with Crippen molar-refractivity contribution >= 4 is 17.5 Å². The predicted molar refractivity (Wildman–Crippen MR) is 91.3 cm³/mol. The second kappa shape index (κ2) is 7.86. The van der Waals surface area contributed by atoms with Crippen molar-refractivity contribution in [3.63, 3.8) is 0 Å². The zero-order chi connectivity index (χ0) is 16.8. The summed E-state index contributed by atoms with van der Waals surface area (Å²) < 4.78 is 27.3. The van der Waals surface area contributed by atoms with E-state index >= 15 is 0 Å². The van der Waals surface area contributed by atoms with Gasteiger partial charge < -0.3 is 10.6 Å². The number of rotatable bonds is 6. The number of halogens is 2. The molecule has 0 bridgehead atoms. The van der Waals surface area contributed by atoms with Crippen LogP contribution in [0.2, 0.25) is 0 Å². The maximum atomic E-state index is 13.7. The van der Waals surface area contributed by atoms with Crippen LogP contribution >= 0.6 is 0 Å². The molecule has 0 spiro atoms. The molecule has 1 aromatic carbocycles. The Morgan fingerprint density at radius 3 is 2.67 bits per heavy atom. The van der Waals surface area contributed by atoms with Crippen LogP contribution in [0.15, 0.2) is 42.1 Å². The highest BCUT2D eigenvalue weighted by Crippen LogP contribution is 2.22. The SMILES string of the molecule is Fc1cccc(F)c1Nc1nccc(NCCC2=CCCCC2)n1. The van der Waals surface area contributed by atoms with Crippen molar-refractivity contribution < 1.29 is 8.78 Å². The van der Waals surface area contributed by atoms with E-state index in [-0.39, 0.29) is 11.6 Å². The minimum atomic E-state index is -0.679. The molecule has 0 amide bonds. The average molecular weight is 330 g/mol. The Hall–Kier alpha value is -2.50. The van der Waals surface area contributed by atoms with Crippen LogP contribution in [0.4, 0.5) is 26.2 Å². The van der Waals surface area contributed by atoms with Gasteiger partial charge in [-0.15, -0.1) is 0 Å². The van der Waals surface area contributed by atoms with Crippen LogP contribution in [0.1, 0.15) is 32.1 Å². The molecule has 0 fully saturated rings. The number of hydrogen-bond donors (Lipinski definition) is 2. The fourth-order valence-corrected chi connectivity index (χ4v) is 2.73. The van der Waals surface area contributed by atoms with Crippen molar-refractivity contribution in [1.29, 1.82) is 0 Å². The second-order valence-corrected chi connectivity index (χ2v) is 5.77. The van der Waals surface area contributed by atoms with E-state index in [0.29, 0.717) is 5.82 Å². The molecule has 1 aliphatic carbocycles. The van der Waals surface area contributed by atoms with E-state index < -0.39 is 11.6 Å². The lowest BCUT2D eigenvalue weighted by atomic mass is 9.97. The molecule has 0 unspecified atom stereocenters. The summed E-state index contributed by atoms with van der Waals surface area (Å²) in [5.41, 5.74) is 1.23. The van der Waals surface area contributed by atoms with Crippen LogP contribution in [0.3, 0.4) is 0 Å². The summed E-state index contributed by atoms with van der Waals surface area (Å²) in [5.74, 6) is -0.580. The Labute approximate surface area is 140 Å². The highest BCUT2D eigenvalue weighted by molar-refractivity contribution is 5.56. The maximum absolute atomic E-state index is 13.7. The molecule has 0 saturated carbocycles. The maximum Gasteiger partial charge on any atom is 0.229 e. The summed E-state index contributed by atoms with van der Waals surface area (Å²) in [7, 11) is 0. The van der Waals surface area contributed by atoms with Crippen molar-refractivity contribution in [2.45, 2.75) is 32.1 Å². The van der Waals surface area contributed by atoms with Gasteiger partial charge in [0.2, 0.25) is 5.95 Å². The van der Waals surface area contributed by atoms with E-state index in [1.54, 1.807) is 12.3 Å². The van der Waals surface area contributed by atoms with Crippen LogP contribution in [-0.4, -0.2) is 16.5 Å². The Morgan fingerprint density at radius 2 is 1.92 bits per heavy atom. The molecule has 1 aliphatic rings. The van der Waals surface area contributed by atoms with Crippen molar-refractivity contribution in [3.8, 4) is 0 Å². The molecule has 126 valence electrons. The number of nitrogens with zero attached hydrogens (tertiary/aromatic N) is 2. The molecule has 2 aromatic rings. The van der Waals surface area contributed by atoms with Gasteiger partial charge in [-0.1, -0.05) is 17.7 Å². The van der Waals surface area contributed by atoms with Gasteiger partial charge in [0.1, 0.15) is 23.1 Å². The number of allylic oxidation sites excluding steroid dienone is 1. The standard InChI is InChI=1S/C18H20F2N4/c19-14-7-4-8-15(20)17(14)24-18-22-12-10-16(23-18)21-11-9-13-5-2-1-3-6-13/h4-5,7-8,10,12H,1-3,6,9,11H2,(H2,21,22,23,24). The Morgan fingerprint density at radius 1 is 1.08 bits per heavy atom. The quantitative estimate of drug-likeness (QED) is 0.747. The lowest BCUT2D eigenvalue weighted by molar-refractivity contribution is 0.590. The molecule has 2 N–H and O–H groups in total. The minimum absolute atomic E-state index is 0.154. The first kappa shape index (κ1) is 16.4. The lowest BCUT2D eigenvalue weighted by Gasteiger charge is -2.13. The molecule has 0 atom stereocenters. The monoisotopic (exact) mass is 330 g/mol. The van der Waals surface area contributed by atoms with Gasteiger partial charge in [-0.3, -0.25) is 0 Å². The van der Waals surface area contributed by atoms with Gasteiger partial charge >= 0.3 is 0 Å². The fourth-order valence-electron chi connectivity index (χ4n) is 2.73. The smallest absolute Gasteiger partial charge is 0.229 e. The number of hydrogen-bond acceptors (Lipinski definition) is 4. The van der Waals surface area contributed by atoms with E-state index in [9.17, 15) is 8.78 Å². The van der Waals surface area contributed by atoms with Gasteiger partial charge in [-0.05, 0) is 50.3 Å². The number of aromatic nitrogens is 2. The highest BCUT2D eigenvalue weighted by atomic mass is 19.1. The number of nitrogens with one attached hydrogen (secondary N) is 2. The predicted octanol–water partition coefficient (Wildman–Crippen LogP) is 4.80. The van der Waals surface area contributed by atoms with E-state index in [1.807, 2.05) is 0 Å². The molecule has 0 saturated heterocycles. The summed E-state index contributed by atoms with van der Waals surface area (Å²) in [4.78, 5) is 8.25. The molecule has 0 aliphatic heterocycles. The Balaban J connectivity index is 1.60. The van der Waals surface area contributed by atoms with Crippen molar-refractivity contribution in [1.82, 2.24) is 9.97 Å². The van der Waals surface area contributed by atoms with Crippen molar-refractivity contribution in [3.05, 3.63) is 53.7 Å². The summed E-state index contributed by atoms with van der Waals surface area (Å²) in [5, 5.41) is 5.82. The number of para-hydroxylation sites is 1. The molecule has 0 radical (unpaired) electrons. The highest BCUT2D eigenvalue weighted by Gasteiger charge is 2.10. The van der Waals surface area contributed by atoms with Gasteiger partial charge in [-0.2, -0.15) is 4.98 Å². The van der Waals surface area contributed by atoms with Crippen LogP contribution in [-0.2, 0) is 0 Å². The summed E-state index contributed by atoms with van der Waals surface area (Å²) >= 11 is 0. The second-order valence-electron chi connectivity index (χ2n) is 5.77. The Bertz CT molecular complexity index is 710. The van der Waals surface area contributed by atoms with Gasteiger partial charge in [0.15, 0.2) is 0 Å². The van der Waals surface area contributed by atoms with E-state index in [2.05, 4.69) is 26.7 Å². The molecule has 24 heavy (non-hydrogen) atoms. The number of anilines is 3. The molecule has 6 heteroatoms. The van der Waals surface area contributed by atoms with Crippen LogP contribution in [0.25, 0.3) is 0 Å². The van der Waals surface area contributed by atoms with Gasteiger partial charge in [0, 0.05) is 12.7 Å².